The second kappa shape index (κ2) is 8.21. The average molecular weight is 262 g/mol. The number of hydrogen-bond acceptors (Lipinski definition) is 4. The van der Waals surface area contributed by atoms with Crippen LogP contribution < -0.4 is 0 Å². The van der Waals surface area contributed by atoms with Gasteiger partial charge in [-0.05, 0) is 32.7 Å². The Balaban J connectivity index is 2.19. The van der Waals surface area contributed by atoms with Crippen molar-refractivity contribution in [2.24, 2.45) is 0 Å². The van der Waals surface area contributed by atoms with E-state index in [-0.39, 0.29) is 6.10 Å². The molecule has 1 rings (SSSR count). The summed E-state index contributed by atoms with van der Waals surface area (Å²) >= 11 is 0. The molecule has 1 aliphatic rings. The van der Waals surface area contributed by atoms with Crippen molar-refractivity contribution in [1.82, 2.24) is 0 Å². The third kappa shape index (κ3) is 6.52. The van der Waals surface area contributed by atoms with Gasteiger partial charge in [0.2, 0.25) is 0 Å². The molecule has 1 aliphatic heterocycles. The zero-order valence-electron chi connectivity index (χ0n) is 11.5. The average Bonchev–Trinajstić information content (AvgIpc) is 3.10. The summed E-state index contributed by atoms with van der Waals surface area (Å²) in [5.74, 6) is 0. The van der Waals surface area contributed by atoms with Crippen LogP contribution in [0.3, 0.4) is 0 Å². The molecule has 0 radical (unpaired) electrons. The normalized spacial score (nSPS) is 22.8. The number of epoxide rings is 1. The van der Waals surface area contributed by atoms with E-state index in [1.165, 1.54) is 0 Å². The molecule has 0 aromatic carbocycles. The van der Waals surface area contributed by atoms with Gasteiger partial charge in [0.1, 0.15) is 6.10 Å². The van der Waals surface area contributed by atoms with Crippen LogP contribution in [0.4, 0.5) is 0 Å². The molecule has 0 amide bonds. The predicted molar refractivity (Wildman–Crippen MR) is 69.6 cm³/mol. The second-order valence-corrected chi connectivity index (χ2v) is 7.13. The fraction of sp³-hybridized carbons (Fsp3) is 1.00. The smallest absolute Gasteiger partial charge is 0.324 e. The van der Waals surface area contributed by atoms with Crippen LogP contribution in [0.5, 0.6) is 0 Å². The molecule has 1 fully saturated rings. The maximum atomic E-state index is 5.73. The largest absolute Gasteiger partial charge is 0.397 e. The van der Waals surface area contributed by atoms with Gasteiger partial charge in [-0.3, -0.25) is 0 Å². The molecule has 0 bridgehead atoms. The van der Waals surface area contributed by atoms with Crippen LogP contribution in [0, 0.1) is 0 Å². The minimum absolute atomic E-state index is 0.255. The summed E-state index contributed by atoms with van der Waals surface area (Å²) in [7, 11) is -1.53. The van der Waals surface area contributed by atoms with E-state index in [0.717, 1.165) is 32.8 Å². The molecule has 0 spiro atoms. The van der Waals surface area contributed by atoms with Gasteiger partial charge < -0.3 is 18.3 Å². The predicted octanol–water partition coefficient (Wildman–Crippen LogP) is 1.86. The SMILES string of the molecule is CCO[SiH](OCC)C(C)CC(C)OCC1CO1. The lowest BCUT2D eigenvalue weighted by molar-refractivity contribution is 0.0460. The summed E-state index contributed by atoms with van der Waals surface area (Å²) in [5.41, 5.74) is 0.477. The molecule has 1 heterocycles. The van der Waals surface area contributed by atoms with E-state index in [9.17, 15) is 0 Å². The lowest BCUT2D eigenvalue weighted by Gasteiger charge is -2.24. The Kier molecular flexibility index (Phi) is 7.30. The standard InChI is InChI=1S/C12H26O4Si/c1-5-15-17(16-6-2)11(4)7-10(3)13-8-12-9-14-12/h10-12,17H,5-9H2,1-4H3. The Labute approximate surface area is 106 Å². The van der Waals surface area contributed by atoms with E-state index in [2.05, 4.69) is 13.8 Å². The van der Waals surface area contributed by atoms with Crippen LogP contribution in [0.2, 0.25) is 5.54 Å². The number of hydrogen-bond donors (Lipinski definition) is 0. The van der Waals surface area contributed by atoms with Crippen molar-refractivity contribution in [3.63, 3.8) is 0 Å². The molecule has 17 heavy (non-hydrogen) atoms. The molecule has 0 aliphatic carbocycles. The molecular formula is C12H26O4Si. The summed E-state index contributed by atoms with van der Waals surface area (Å²) in [6.07, 6.45) is 1.61. The molecule has 0 aromatic rings. The molecule has 0 saturated carbocycles. The maximum Gasteiger partial charge on any atom is 0.324 e. The first kappa shape index (κ1) is 15.1. The van der Waals surface area contributed by atoms with Crippen LogP contribution in [0.25, 0.3) is 0 Å². The third-order valence-corrected chi connectivity index (χ3v) is 5.32. The third-order valence-electron chi connectivity index (χ3n) is 2.80. The van der Waals surface area contributed by atoms with Crippen LogP contribution in [0.15, 0.2) is 0 Å². The lowest BCUT2D eigenvalue weighted by atomic mass is 10.2. The summed E-state index contributed by atoms with van der Waals surface area (Å²) in [6, 6.07) is 0. The van der Waals surface area contributed by atoms with E-state index in [1.54, 1.807) is 0 Å². The summed E-state index contributed by atoms with van der Waals surface area (Å²) in [4.78, 5) is 0. The van der Waals surface area contributed by atoms with Crippen molar-refractivity contribution in [3.8, 4) is 0 Å². The van der Waals surface area contributed by atoms with Gasteiger partial charge in [0.05, 0.1) is 19.3 Å². The fourth-order valence-electron chi connectivity index (χ4n) is 1.84. The first-order chi connectivity index (χ1) is 8.17. The number of rotatable bonds is 10. The van der Waals surface area contributed by atoms with Crippen molar-refractivity contribution in [1.29, 1.82) is 0 Å². The van der Waals surface area contributed by atoms with Gasteiger partial charge in [-0.2, -0.15) is 0 Å². The van der Waals surface area contributed by atoms with Gasteiger partial charge in [-0.15, -0.1) is 0 Å². The van der Waals surface area contributed by atoms with Crippen molar-refractivity contribution < 1.29 is 18.3 Å². The Morgan fingerprint density at radius 3 is 2.29 bits per heavy atom. The Bertz CT molecular complexity index is 193. The van der Waals surface area contributed by atoms with Gasteiger partial charge >= 0.3 is 9.28 Å². The lowest BCUT2D eigenvalue weighted by Crippen LogP contribution is -2.30. The first-order valence-corrected chi connectivity index (χ1v) is 8.24. The Hall–Kier alpha value is 0.0569. The molecule has 3 unspecified atom stereocenters. The molecular weight excluding hydrogens is 236 g/mol. The van der Waals surface area contributed by atoms with E-state index in [4.69, 9.17) is 18.3 Å². The van der Waals surface area contributed by atoms with Crippen molar-refractivity contribution >= 4 is 9.28 Å². The highest BCUT2D eigenvalue weighted by molar-refractivity contribution is 6.46. The quantitative estimate of drug-likeness (QED) is 0.445. The van der Waals surface area contributed by atoms with Gasteiger partial charge in [-0.25, -0.2) is 0 Å². The highest BCUT2D eigenvalue weighted by atomic mass is 28.3. The summed E-state index contributed by atoms with van der Waals surface area (Å²) < 4.78 is 22.3. The highest BCUT2D eigenvalue weighted by Gasteiger charge is 2.26. The molecule has 102 valence electrons. The monoisotopic (exact) mass is 262 g/mol. The van der Waals surface area contributed by atoms with Gasteiger partial charge in [0.15, 0.2) is 0 Å². The zero-order valence-corrected chi connectivity index (χ0v) is 12.6. The minimum atomic E-state index is -1.53. The van der Waals surface area contributed by atoms with Crippen molar-refractivity contribution in [2.45, 2.75) is 51.9 Å². The second-order valence-electron chi connectivity index (χ2n) is 4.59. The first-order valence-electron chi connectivity index (χ1n) is 6.63. The van der Waals surface area contributed by atoms with Gasteiger partial charge in [-0.1, -0.05) is 6.92 Å². The molecule has 5 heteroatoms. The Morgan fingerprint density at radius 1 is 1.24 bits per heavy atom. The van der Waals surface area contributed by atoms with Crippen molar-refractivity contribution in [3.05, 3.63) is 0 Å². The van der Waals surface area contributed by atoms with Gasteiger partial charge in [0.25, 0.3) is 0 Å². The molecule has 1 saturated heterocycles. The van der Waals surface area contributed by atoms with E-state index >= 15 is 0 Å². The molecule has 4 nitrogen and oxygen atoms in total. The Morgan fingerprint density at radius 2 is 1.82 bits per heavy atom. The van der Waals surface area contributed by atoms with E-state index < -0.39 is 9.28 Å². The van der Waals surface area contributed by atoms with E-state index in [0.29, 0.717) is 11.6 Å². The van der Waals surface area contributed by atoms with Crippen LogP contribution in [0.1, 0.15) is 34.1 Å². The molecule has 0 N–H and O–H groups in total. The number of ether oxygens (including phenoxy) is 2. The van der Waals surface area contributed by atoms with E-state index in [1.807, 2.05) is 13.8 Å². The summed E-state index contributed by atoms with van der Waals surface area (Å²) in [5, 5.41) is 0. The highest BCUT2D eigenvalue weighted by Crippen LogP contribution is 2.21. The summed E-state index contributed by atoms with van der Waals surface area (Å²) in [6.45, 7) is 11.4. The topological polar surface area (TPSA) is 40.2 Å². The van der Waals surface area contributed by atoms with Gasteiger partial charge in [0, 0.05) is 13.2 Å². The van der Waals surface area contributed by atoms with Crippen LogP contribution in [-0.2, 0) is 18.3 Å². The van der Waals surface area contributed by atoms with Crippen LogP contribution in [-0.4, -0.2) is 47.9 Å². The molecule has 3 atom stereocenters. The maximum absolute atomic E-state index is 5.73. The fourth-order valence-corrected chi connectivity index (χ4v) is 3.86. The molecule has 0 aromatic heterocycles. The minimum Gasteiger partial charge on any atom is -0.397 e. The van der Waals surface area contributed by atoms with Crippen LogP contribution >= 0.6 is 0 Å². The van der Waals surface area contributed by atoms with Crippen molar-refractivity contribution in [2.75, 3.05) is 26.4 Å². The zero-order chi connectivity index (χ0) is 12.7.